The largest absolute Gasteiger partial charge is 0.487 e. The molecule has 0 bridgehead atoms. The SMILES string of the molecule is CCOC(=O)c1ccccc1CN1NN=C(c2ccc(OCc3ccc4ccccc4n3)cc2)N1. The molecule has 0 saturated heterocycles. The number of nitrogens with one attached hydrogen (secondary N) is 2. The van der Waals surface area contributed by atoms with Gasteiger partial charge in [-0.15, -0.1) is 10.2 Å². The molecule has 1 aromatic heterocycles. The molecule has 0 aliphatic carbocycles. The van der Waals surface area contributed by atoms with Crippen LogP contribution in [0.1, 0.15) is 34.1 Å². The monoisotopic (exact) mass is 467 g/mol. The Morgan fingerprint density at radius 2 is 1.74 bits per heavy atom. The highest BCUT2D eigenvalue weighted by Gasteiger charge is 2.19. The summed E-state index contributed by atoms with van der Waals surface area (Å²) in [5.41, 5.74) is 10.3. The molecule has 5 rings (SSSR count). The van der Waals surface area contributed by atoms with Crippen molar-refractivity contribution in [3.8, 4) is 5.75 Å². The quantitative estimate of drug-likeness (QED) is 0.376. The van der Waals surface area contributed by atoms with Gasteiger partial charge in [0.1, 0.15) is 12.4 Å². The highest BCUT2D eigenvalue weighted by atomic mass is 16.5. The van der Waals surface area contributed by atoms with Gasteiger partial charge in [0.05, 0.1) is 29.9 Å². The molecule has 3 aromatic carbocycles. The molecule has 0 amide bonds. The van der Waals surface area contributed by atoms with Gasteiger partial charge in [0.25, 0.3) is 0 Å². The minimum absolute atomic E-state index is 0.332. The Bertz CT molecular complexity index is 1370. The maximum Gasteiger partial charge on any atom is 0.338 e. The zero-order valence-corrected chi connectivity index (χ0v) is 19.3. The van der Waals surface area contributed by atoms with E-state index in [0.717, 1.165) is 33.5 Å². The number of aromatic nitrogens is 1. The van der Waals surface area contributed by atoms with E-state index in [0.29, 0.717) is 31.2 Å². The van der Waals surface area contributed by atoms with Crippen LogP contribution in [0.25, 0.3) is 10.9 Å². The number of para-hydroxylation sites is 1. The van der Waals surface area contributed by atoms with Crippen molar-refractivity contribution < 1.29 is 14.3 Å². The molecule has 0 saturated carbocycles. The Kier molecular flexibility index (Phi) is 6.54. The van der Waals surface area contributed by atoms with E-state index >= 15 is 0 Å². The number of amidine groups is 1. The molecule has 4 aromatic rings. The molecule has 176 valence electrons. The number of carbonyl (C=O) groups is 1. The summed E-state index contributed by atoms with van der Waals surface area (Å²) in [5.74, 6) is 1.08. The van der Waals surface area contributed by atoms with Gasteiger partial charge in [-0.2, -0.15) is 0 Å². The van der Waals surface area contributed by atoms with Crippen molar-refractivity contribution in [1.82, 2.24) is 21.1 Å². The van der Waals surface area contributed by atoms with Gasteiger partial charge in [0, 0.05) is 10.9 Å². The summed E-state index contributed by atoms with van der Waals surface area (Å²) < 4.78 is 11.1. The number of hydrogen-bond donors (Lipinski definition) is 2. The first kappa shape index (κ1) is 22.4. The average molecular weight is 468 g/mol. The van der Waals surface area contributed by atoms with Gasteiger partial charge < -0.3 is 9.47 Å². The Morgan fingerprint density at radius 3 is 2.60 bits per heavy atom. The van der Waals surface area contributed by atoms with Crippen molar-refractivity contribution in [3.63, 3.8) is 0 Å². The fourth-order valence-electron chi connectivity index (χ4n) is 3.78. The molecule has 0 atom stereocenters. The van der Waals surface area contributed by atoms with E-state index in [1.54, 1.807) is 18.1 Å². The molecule has 1 aliphatic heterocycles. The molecular weight excluding hydrogens is 442 g/mol. The summed E-state index contributed by atoms with van der Waals surface area (Å²) in [6.45, 7) is 2.93. The molecule has 2 heterocycles. The predicted octanol–water partition coefficient (Wildman–Crippen LogP) is 4.18. The Labute approximate surface area is 203 Å². The fourth-order valence-corrected chi connectivity index (χ4v) is 3.78. The van der Waals surface area contributed by atoms with Gasteiger partial charge in [-0.3, -0.25) is 5.43 Å². The number of hydrazine groups is 2. The third-order valence-electron chi connectivity index (χ3n) is 5.54. The van der Waals surface area contributed by atoms with Gasteiger partial charge in [0.15, 0.2) is 5.84 Å². The van der Waals surface area contributed by atoms with Gasteiger partial charge in [-0.25, -0.2) is 15.3 Å². The molecule has 35 heavy (non-hydrogen) atoms. The second-order valence-corrected chi connectivity index (χ2v) is 7.94. The maximum atomic E-state index is 12.2. The molecule has 8 heteroatoms. The summed E-state index contributed by atoms with van der Waals surface area (Å²) in [6, 6.07) is 27.1. The van der Waals surface area contributed by atoms with Crippen molar-refractivity contribution >= 4 is 22.7 Å². The van der Waals surface area contributed by atoms with Gasteiger partial charge in [-0.1, -0.05) is 42.5 Å². The third-order valence-corrected chi connectivity index (χ3v) is 5.54. The zero-order chi connectivity index (χ0) is 24.0. The Morgan fingerprint density at radius 1 is 0.943 bits per heavy atom. The number of hydrogen-bond acceptors (Lipinski definition) is 8. The molecule has 0 radical (unpaired) electrons. The number of carbonyl (C=O) groups excluding carboxylic acids is 1. The number of pyridine rings is 1. The Balaban J connectivity index is 1.18. The van der Waals surface area contributed by atoms with Crippen LogP contribution in [0.15, 0.2) is 90.0 Å². The van der Waals surface area contributed by atoms with E-state index in [9.17, 15) is 4.79 Å². The van der Waals surface area contributed by atoms with E-state index < -0.39 is 0 Å². The highest BCUT2D eigenvalue weighted by molar-refractivity contribution is 5.99. The van der Waals surface area contributed by atoms with E-state index in [2.05, 4.69) is 27.1 Å². The number of esters is 1. The lowest BCUT2D eigenvalue weighted by molar-refractivity contribution is 0.0522. The summed E-state index contributed by atoms with van der Waals surface area (Å²) >= 11 is 0. The smallest absolute Gasteiger partial charge is 0.338 e. The third kappa shape index (κ3) is 5.23. The van der Waals surface area contributed by atoms with Crippen molar-refractivity contribution in [2.75, 3.05) is 6.61 Å². The summed E-state index contributed by atoms with van der Waals surface area (Å²) in [5, 5.41) is 7.18. The van der Waals surface area contributed by atoms with E-state index in [1.807, 2.05) is 72.8 Å². The predicted molar refractivity (Wildman–Crippen MR) is 133 cm³/mol. The van der Waals surface area contributed by atoms with Gasteiger partial charge in [0.2, 0.25) is 0 Å². The van der Waals surface area contributed by atoms with Crippen LogP contribution in [0.4, 0.5) is 0 Å². The number of ether oxygens (including phenoxy) is 2. The fraction of sp³-hybridized carbons (Fsp3) is 0.148. The minimum atomic E-state index is -0.335. The van der Waals surface area contributed by atoms with E-state index in [1.165, 1.54) is 0 Å². The normalized spacial score (nSPS) is 13.1. The van der Waals surface area contributed by atoms with Crippen LogP contribution in [-0.2, 0) is 17.9 Å². The molecule has 2 N–H and O–H groups in total. The first-order chi connectivity index (χ1) is 17.2. The van der Waals surface area contributed by atoms with Crippen LogP contribution in [0.2, 0.25) is 0 Å². The molecule has 0 spiro atoms. The first-order valence-corrected chi connectivity index (χ1v) is 11.4. The van der Waals surface area contributed by atoms with E-state index in [-0.39, 0.29) is 5.97 Å². The molecule has 8 nitrogen and oxygen atoms in total. The van der Waals surface area contributed by atoms with Crippen molar-refractivity contribution in [2.24, 2.45) is 5.10 Å². The first-order valence-electron chi connectivity index (χ1n) is 11.4. The van der Waals surface area contributed by atoms with Crippen LogP contribution >= 0.6 is 0 Å². The minimum Gasteiger partial charge on any atom is -0.487 e. The van der Waals surface area contributed by atoms with Crippen LogP contribution in [0, 0.1) is 0 Å². The number of nitrogens with zero attached hydrogens (tertiary/aromatic N) is 3. The van der Waals surface area contributed by atoms with Crippen LogP contribution in [-0.4, -0.2) is 28.5 Å². The molecular formula is C27H25N5O3. The number of hydrazone groups is 1. The number of benzene rings is 3. The van der Waals surface area contributed by atoms with Crippen molar-refractivity contribution in [1.29, 1.82) is 0 Å². The van der Waals surface area contributed by atoms with Crippen molar-refractivity contribution in [3.05, 3.63) is 107 Å². The van der Waals surface area contributed by atoms with Crippen LogP contribution in [0.5, 0.6) is 5.75 Å². The summed E-state index contributed by atoms with van der Waals surface area (Å²) in [6.07, 6.45) is 0. The second kappa shape index (κ2) is 10.2. The maximum absolute atomic E-state index is 12.2. The van der Waals surface area contributed by atoms with Crippen LogP contribution < -0.4 is 15.7 Å². The highest BCUT2D eigenvalue weighted by Crippen LogP contribution is 2.18. The summed E-state index contributed by atoms with van der Waals surface area (Å²) in [7, 11) is 0. The summed E-state index contributed by atoms with van der Waals surface area (Å²) in [4.78, 5) is 16.9. The topological polar surface area (TPSA) is 88.1 Å². The standard InChI is InChI=1S/C27H25N5O3/c1-2-34-27(33)24-9-5-3-8-21(24)17-32-30-26(29-31-32)20-12-15-23(16-13-20)35-18-22-14-11-19-7-4-6-10-25(19)28-22/h3-16,31H,2,17-18H2,1H3,(H,29,30). The average Bonchev–Trinajstić information content (AvgIpc) is 3.36. The molecule has 1 aliphatic rings. The lowest BCUT2D eigenvalue weighted by Gasteiger charge is -2.17. The van der Waals surface area contributed by atoms with Crippen molar-refractivity contribution in [2.45, 2.75) is 20.1 Å². The molecule has 0 unspecified atom stereocenters. The van der Waals surface area contributed by atoms with Crippen LogP contribution in [0.3, 0.4) is 0 Å². The van der Waals surface area contributed by atoms with Gasteiger partial charge >= 0.3 is 5.97 Å². The van der Waals surface area contributed by atoms with E-state index in [4.69, 9.17) is 9.47 Å². The number of fused-ring (bicyclic) bond motifs is 1. The van der Waals surface area contributed by atoms with Gasteiger partial charge in [-0.05, 0) is 55.0 Å². The number of rotatable bonds is 8. The lowest BCUT2D eigenvalue weighted by atomic mass is 10.1. The Hall–Kier alpha value is -4.43. The zero-order valence-electron chi connectivity index (χ0n) is 19.3. The lowest BCUT2D eigenvalue weighted by Crippen LogP contribution is -2.41. The second-order valence-electron chi connectivity index (χ2n) is 7.94. The molecule has 0 fully saturated rings.